The van der Waals surface area contributed by atoms with E-state index in [1.165, 1.54) is 18.3 Å². The van der Waals surface area contributed by atoms with Gasteiger partial charge in [-0.1, -0.05) is 36.4 Å². The third-order valence-corrected chi connectivity index (χ3v) is 5.14. The Morgan fingerprint density at radius 2 is 1.82 bits per heavy atom. The zero-order valence-electron chi connectivity index (χ0n) is 15.1. The van der Waals surface area contributed by atoms with Crippen LogP contribution in [0.5, 0.6) is 0 Å². The molecule has 0 spiro atoms. The molecule has 0 saturated heterocycles. The third kappa shape index (κ3) is 3.63. The molecule has 0 unspecified atom stereocenters. The highest BCUT2D eigenvalue weighted by Crippen LogP contribution is 2.28. The van der Waals surface area contributed by atoms with E-state index in [1.54, 1.807) is 35.1 Å². The number of aromatic nitrogens is 2. The van der Waals surface area contributed by atoms with Crippen LogP contribution in [0.3, 0.4) is 0 Å². The summed E-state index contributed by atoms with van der Waals surface area (Å²) in [5, 5.41) is 9.48. The lowest BCUT2D eigenvalue weighted by Gasteiger charge is -2.06. The van der Waals surface area contributed by atoms with Crippen LogP contribution in [-0.2, 0) is 0 Å². The summed E-state index contributed by atoms with van der Waals surface area (Å²) in [4.78, 5) is 25.5. The first-order valence-electron chi connectivity index (χ1n) is 8.73. The minimum Gasteiger partial charge on any atom is -0.322 e. The molecule has 0 bridgehead atoms. The third-order valence-electron chi connectivity index (χ3n) is 4.26. The van der Waals surface area contributed by atoms with E-state index in [0.29, 0.717) is 22.5 Å². The maximum atomic E-state index is 13.0. The zero-order valence-corrected chi connectivity index (χ0v) is 15.9. The van der Waals surface area contributed by atoms with E-state index in [4.69, 9.17) is 0 Å². The topological polar surface area (TPSA) is 64.0 Å². The van der Waals surface area contributed by atoms with Gasteiger partial charge in [0.1, 0.15) is 5.69 Å². The predicted molar refractivity (Wildman–Crippen MR) is 111 cm³/mol. The highest BCUT2D eigenvalue weighted by Gasteiger charge is 2.19. The second-order valence-electron chi connectivity index (χ2n) is 6.24. The second kappa shape index (κ2) is 7.62. The average Bonchev–Trinajstić information content (AvgIpc) is 3.38. The number of anilines is 1. The Morgan fingerprint density at radius 3 is 2.54 bits per heavy atom. The Labute approximate surface area is 166 Å². The Kier molecular flexibility index (Phi) is 4.87. The van der Waals surface area contributed by atoms with Gasteiger partial charge >= 0.3 is 0 Å². The summed E-state index contributed by atoms with van der Waals surface area (Å²) in [7, 11) is 0. The van der Waals surface area contributed by atoms with Crippen molar-refractivity contribution in [2.75, 3.05) is 5.32 Å². The van der Waals surface area contributed by atoms with Crippen molar-refractivity contribution in [2.45, 2.75) is 6.92 Å². The van der Waals surface area contributed by atoms with Crippen molar-refractivity contribution in [3.05, 3.63) is 89.4 Å². The lowest BCUT2D eigenvalue weighted by molar-refractivity contribution is 0.101. The Balaban J connectivity index is 1.71. The van der Waals surface area contributed by atoms with Crippen LogP contribution in [0.2, 0.25) is 0 Å². The summed E-state index contributed by atoms with van der Waals surface area (Å²) in [6, 6.07) is 20.4. The summed E-state index contributed by atoms with van der Waals surface area (Å²) in [6.45, 7) is 1.50. The molecular formula is C22H17N3O2S. The molecule has 2 aromatic heterocycles. The number of hydrogen-bond acceptors (Lipinski definition) is 4. The van der Waals surface area contributed by atoms with Crippen LogP contribution in [0.1, 0.15) is 27.6 Å². The molecule has 6 heteroatoms. The summed E-state index contributed by atoms with van der Waals surface area (Å²) in [5.74, 6) is -0.321. The molecule has 5 nitrogen and oxygen atoms in total. The minimum atomic E-state index is -0.272. The van der Waals surface area contributed by atoms with Crippen LogP contribution in [-0.4, -0.2) is 21.5 Å². The van der Waals surface area contributed by atoms with Crippen LogP contribution in [0, 0.1) is 0 Å². The number of amides is 1. The normalized spacial score (nSPS) is 10.6. The Morgan fingerprint density at radius 1 is 1.00 bits per heavy atom. The first-order valence-corrected chi connectivity index (χ1v) is 9.61. The summed E-state index contributed by atoms with van der Waals surface area (Å²) in [5.41, 5.74) is 3.09. The molecule has 4 aromatic rings. The van der Waals surface area contributed by atoms with Gasteiger partial charge in [0.05, 0.1) is 16.1 Å². The number of hydrogen-bond donors (Lipinski definition) is 1. The van der Waals surface area contributed by atoms with Crippen molar-refractivity contribution in [2.24, 2.45) is 0 Å². The van der Waals surface area contributed by atoms with Gasteiger partial charge in [0.2, 0.25) is 0 Å². The molecule has 1 amide bonds. The smallest absolute Gasteiger partial charge is 0.259 e. The van der Waals surface area contributed by atoms with Crippen LogP contribution < -0.4 is 5.32 Å². The number of nitrogens with zero attached hydrogens (tertiary/aromatic N) is 2. The monoisotopic (exact) mass is 387 g/mol. The van der Waals surface area contributed by atoms with Gasteiger partial charge in [0.25, 0.3) is 5.91 Å². The number of carbonyl (C=O) groups excluding carboxylic acids is 2. The number of rotatable bonds is 5. The fourth-order valence-electron chi connectivity index (χ4n) is 2.86. The highest BCUT2D eigenvalue weighted by molar-refractivity contribution is 7.13. The molecule has 2 heterocycles. The summed E-state index contributed by atoms with van der Waals surface area (Å²) < 4.78 is 1.70. The largest absolute Gasteiger partial charge is 0.322 e. The maximum Gasteiger partial charge on any atom is 0.259 e. The van der Waals surface area contributed by atoms with Gasteiger partial charge in [-0.2, -0.15) is 5.10 Å². The number of para-hydroxylation sites is 1. The van der Waals surface area contributed by atoms with Gasteiger partial charge in [0, 0.05) is 17.4 Å². The number of benzene rings is 2. The van der Waals surface area contributed by atoms with Crippen LogP contribution in [0.25, 0.3) is 16.3 Å². The van der Waals surface area contributed by atoms with Crippen molar-refractivity contribution in [3.8, 4) is 16.3 Å². The van der Waals surface area contributed by atoms with Gasteiger partial charge < -0.3 is 5.32 Å². The van der Waals surface area contributed by atoms with E-state index in [-0.39, 0.29) is 11.7 Å². The fourth-order valence-corrected chi connectivity index (χ4v) is 3.59. The molecule has 0 aliphatic rings. The lowest BCUT2D eigenvalue weighted by atomic mass is 10.1. The molecular weight excluding hydrogens is 370 g/mol. The van der Waals surface area contributed by atoms with E-state index < -0.39 is 0 Å². The molecule has 0 radical (unpaired) electrons. The molecule has 1 N–H and O–H groups in total. The van der Waals surface area contributed by atoms with E-state index in [0.717, 1.165) is 10.6 Å². The minimum absolute atomic E-state index is 0.0488. The standard InChI is InChI=1S/C22H17N3O2S/c1-15(26)16-7-5-8-17(13-16)23-22(27)19-14-25(18-9-3-2-4-10-18)24-21(19)20-11-6-12-28-20/h2-14H,1H3,(H,23,27). The number of carbonyl (C=O) groups is 2. The Bertz CT molecular complexity index is 1130. The first kappa shape index (κ1) is 17.9. The van der Waals surface area contributed by atoms with Crippen molar-refractivity contribution in [3.63, 3.8) is 0 Å². The number of thiophene rings is 1. The molecule has 0 fully saturated rings. The predicted octanol–water partition coefficient (Wildman–Crippen LogP) is 5.06. The van der Waals surface area contributed by atoms with Gasteiger partial charge in [-0.3, -0.25) is 9.59 Å². The van der Waals surface area contributed by atoms with Crippen molar-refractivity contribution in [1.29, 1.82) is 0 Å². The van der Waals surface area contributed by atoms with E-state index in [2.05, 4.69) is 10.4 Å². The molecule has 0 aliphatic carbocycles. The molecule has 0 atom stereocenters. The zero-order chi connectivity index (χ0) is 19.5. The van der Waals surface area contributed by atoms with Gasteiger partial charge in [-0.15, -0.1) is 11.3 Å². The average molecular weight is 387 g/mol. The van der Waals surface area contributed by atoms with E-state index >= 15 is 0 Å². The van der Waals surface area contributed by atoms with Crippen LogP contribution in [0.4, 0.5) is 5.69 Å². The first-order chi connectivity index (χ1) is 13.6. The van der Waals surface area contributed by atoms with E-state index in [1.807, 2.05) is 47.8 Å². The number of ketones is 1. The highest BCUT2D eigenvalue weighted by atomic mass is 32.1. The van der Waals surface area contributed by atoms with Crippen LogP contribution >= 0.6 is 11.3 Å². The quantitative estimate of drug-likeness (QED) is 0.487. The van der Waals surface area contributed by atoms with Gasteiger partial charge in [-0.25, -0.2) is 4.68 Å². The van der Waals surface area contributed by atoms with E-state index in [9.17, 15) is 9.59 Å². The van der Waals surface area contributed by atoms with Crippen molar-refractivity contribution in [1.82, 2.24) is 9.78 Å². The fraction of sp³-hybridized carbons (Fsp3) is 0.0455. The van der Waals surface area contributed by atoms with Gasteiger partial charge in [0.15, 0.2) is 5.78 Å². The Hall–Kier alpha value is -3.51. The summed E-state index contributed by atoms with van der Waals surface area (Å²) in [6.07, 6.45) is 1.73. The van der Waals surface area contributed by atoms with Crippen molar-refractivity contribution >= 4 is 28.7 Å². The molecule has 0 saturated carbocycles. The molecule has 4 rings (SSSR count). The summed E-state index contributed by atoms with van der Waals surface area (Å²) >= 11 is 1.53. The lowest BCUT2D eigenvalue weighted by Crippen LogP contribution is -2.12. The molecule has 28 heavy (non-hydrogen) atoms. The molecule has 2 aromatic carbocycles. The molecule has 0 aliphatic heterocycles. The SMILES string of the molecule is CC(=O)c1cccc(NC(=O)c2cn(-c3ccccc3)nc2-c2cccs2)c1. The maximum absolute atomic E-state index is 13.0. The number of nitrogens with one attached hydrogen (secondary N) is 1. The number of Topliss-reactive ketones (excluding diaryl/α,β-unsaturated/α-hetero) is 1. The molecule has 138 valence electrons. The van der Waals surface area contributed by atoms with Crippen LogP contribution in [0.15, 0.2) is 78.3 Å². The van der Waals surface area contributed by atoms with Gasteiger partial charge in [-0.05, 0) is 42.6 Å². The van der Waals surface area contributed by atoms with Crippen molar-refractivity contribution < 1.29 is 9.59 Å². The second-order valence-corrected chi connectivity index (χ2v) is 7.19.